The maximum atomic E-state index is 12.8. The summed E-state index contributed by atoms with van der Waals surface area (Å²) in [4.78, 5) is 37.9. The van der Waals surface area contributed by atoms with Crippen LogP contribution in [0.3, 0.4) is 0 Å². The highest BCUT2D eigenvalue weighted by atomic mass is 16.6. The van der Waals surface area contributed by atoms with Crippen LogP contribution in [-0.2, 0) is 28.6 Å². The third kappa shape index (κ3) is 48.8. The van der Waals surface area contributed by atoms with E-state index in [9.17, 15) is 14.4 Å². The molecule has 0 aliphatic heterocycles. The fourth-order valence-corrected chi connectivity index (χ4v) is 7.84. The average Bonchev–Trinajstić information content (AvgIpc) is 3.26. The van der Waals surface area contributed by atoms with Crippen LogP contribution in [0, 0.1) is 0 Å². The summed E-state index contributed by atoms with van der Waals surface area (Å²) >= 11 is 0. The Labute approximate surface area is 379 Å². The molecule has 0 aromatic carbocycles. The van der Waals surface area contributed by atoms with Crippen molar-refractivity contribution in [3.8, 4) is 0 Å². The quantitative estimate of drug-likeness (QED) is 0.0262. The van der Waals surface area contributed by atoms with Crippen LogP contribution in [0.25, 0.3) is 0 Å². The molecule has 0 amide bonds. The first kappa shape index (κ1) is 58.9. The molecule has 0 rings (SSSR count). The van der Waals surface area contributed by atoms with Crippen molar-refractivity contribution in [3.63, 3.8) is 0 Å². The summed E-state index contributed by atoms with van der Waals surface area (Å²) in [5, 5.41) is 0. The Hall–Kier alpha value is -2.11. The molecule has 6 nitrogen and oxygen atoms in total. The lowest BCUT2D eigenvalue weighted by molar-refractivity contribution is -0.167. The van der Waals surface area contributed by atoms with Crippen molar-refractivity contribution < 1.29 is 28.6 Å². The summed E-state index contributed by atoms with van der Waals surface area (Å²) in [5.41, 5.74) is 0. The number of hydrogen-bond donors (Lipinski definition) is 0. The van der Waals surface area contributed by atoms with Gasteiger partial charge in [-0.05, 0) is 70.6 Å². The van der Waals surface area contributed by atoms with E-state index in [1.807, 2.05) is 0 Å². The molecule has 0 aromatic rings. The third-order valence-corrected chi connectivity index (χ3v) is 11.9. The van der Waals surface area contributed by atoms with Crippen molar-refractivity contribution in [2.45, 2.75) is 297 Å². The molecule has 0 aliphatic carbocycles. The van der Waals surface area contributed by atoms with E-state index in [0.29, 0.717) is 19.3 Å². The lowest BCUT2D eigenvalue weighted by Crippen LogP contribution is -2.30. The topological polar surface area (TPSA) is 78.9 Å². The van der Waals surface area contributed by atoms with Crippen molar-refractivity contribution in [2.75, 3.05) is 13.2 Å². The highest BCUT2D eigenvalue weighted by Gasteiger charge is 2.19. The van der Waals surface area contributed by atoms with Crippen molar-refractivity contribution in [2.24, 2.45) is 0 Å². The summed E-state index contributed by atoms with van der Waals surface area (Å²) < 4.78 is 16.8. The lowest BCUT2D eigenvalue weighted by atomic mass is 10.1. The van der Waals surface area contributed by atoms with E-state index in [2.05, 4.69) is 45.1 Å². The van der Waals surface area contributed by atoms with Gasteiger partial charge in [-0.15, -0.1) is 0 Å². The summed E-state index contributed by atoms with van der Waals surface area (Å²) in [6.07, 6.45) is 57.3. The molecular weight excluding hydrogens is 757 g/mol. The van der Waals surface area contributed by atoms with Crippen molar-refractivity contribution >= 4 is 17.9 Å². The minimum atomic E-state index is -0.772. The molecule has 0 fully saturated rings. The molecule has 0 saturated carbocycles. The number of carbonyl (C=O) groups excluding carboxylic acids is 3. The first-order chi connectivity index (χ1) is 30.0. The summed E-state index contributed by atoms with van der Waals surface area (Å²) in [7, 11) is 0. The van der Waals surface area contributed by atoms with Gasteiger partial charge in [0.2, 0.25) is 0 Å². The predicted octanol–water partition coefficient (Wildman–Crippen LogP) is 17.5. The summed E-state index contributed by atoms with van der Waals surface area (Å²) in [6, 6.07) is 0. The van der Waals surface area contributed by atoms with Crippen molar-refractivity contribution in [1.82, 2.24) is 0 Å². The molecule has 358 valence electrons. The standard InChI is InChI=1S/C55H102O6/c1-4-7-10-13-16-19-22-24-26-28-30-31-33-36-39-42-45-48-54(57)60-51-52(50-59-53(56)47-44-41-38-35-21-18-15-12-9-6-3)61-55(58)49-46-43-40-37-34-32-29-27-25-23-20-17-14-11-8-5-2/h24,26-27,29,52H,4-23,25,28,30-51H2,1-3H3/b26-24-,29-27-/t52-/m1/s1. The van der Waals surface area contributed by atoms with Gasteiger partial charge in [-0.25, -0.2) is 0 Å². The third-order valence-electron chi connectivity index (χ3n) is 11.9. The van der Waals surface area contributed by atoms with E-state index in [4.69, 9.17) is 14.2 Å². The van der Waals surface area contributed by atoms with Crippen LogP contribution in [0.1, 0.15) is 290 Å². The second-order valence-electron chi connectivity index (χ2n) is 18.1. The molecule has 0 saturated heterocycles. The van der Waals surface area contributed by atoms with Crippen LogP contribution in [0.15, 0.2) is 24.3 Å². The minimum absolute atomic E-state index is 0.0724. The van der Waals surface area contributed by atoms with E-state index < -0.39 is 6.10 Å². The predicted molar refractivity (Wildman–Crippen MR) is 261 cm³/mol. The fourth-order valence-electron chi connectivity index (χ4n) is 7.84. The molecule has 6 heteroatoms. The Bertz CT molecular complexity index is 989. The Morgan fingerprint density at radius 3 is 0.820 bits per heavy atom. The lowest BCUT2D eigenvalue weighted by Gasteiger charge is -2.18. The largest absolute Gasteiger partial charge is 0.462 e. The normalized spacial score (nSPS) is 12.1. The second kappa shape index (κ2) is 50.5. The number of unbranched alkanes of at least 4 members (excludes halogenated alkanes) is 34. The summed E-state index contributed by atoms with van der Waals surface area (Å²) in [6.45, 7) is 6.64. The SMILES string of the molecule is CCCCCCCC/C=C\CCCCCCCCCC(=O)OC[C@@H](COC(=O)CCCCCCCCCCCC)OC(=O)CCCCCCC/C=C\CCCCCCCCC. The minimum Gasteiger partial charge on any atom is -0.462 e. The molecule has 0 aromatic heterocycles. The van der Waals surface area contributed by atoms with Crippen LogP contribution < -0.4 is 0 Å². The Kier molecular flexibility index (Phi) is 48.8. The molecule has 0 spiro atoms. The van der Waals surface area contributed by atoms with E-state index in [1.54, 1.807) is 0 Å². The molecule has 1 atom stereocenters. The zero-order chi connectivity index (χ0) is 44.4. The monoisotopic (exact) mass is 859 g/mol. The highest BCUT2D eigenvalue weighted by molar-refractivity contribution is 5.71. The number of carbonyl (C=O) groups is 3. The van der Waals surface area contributed by atoms with Crippen LogP contribution in [-0.4, -0.2) is 37.2 Å². The first-order valence-electron chi connectivity index (χ1n) is 26.8. The fraction of sp³-hybridized carbons (Fsp3) is 0.873. The number of rotatable bonds is 49. The van der Waals surface area contributed by atoms with Gasteiger partial charge < -0.3 is 14.2 Å². The molecular formula is C55H102O6. The van der Waals surface area contributed by atoms with Crippen LogP contribution >= 0.6 is 0 Å². The van der Waals surface area contributed by atoms with Gasteiger partial charge in [-0.2, -0.15) is 0 Å². The highest BCUT2D eigenvalue weighted by Crippen LogP contribution is 2.15. The number of allylic oxidation sites excluding steroid dienone is 4. The molecule has 0 bridgehead atoms. The molecule has 61 heavy (non-hydrogen) atoms. The van der Waals surface area contributed by atoms with Crippen molar-refractivity contribution in [3.05, 3.63) is 24.3 Å². The number of hydrogen-bond acceptors (Lipinski definition) is 6. The zero-order valence-corrected chi connectivity index (χ0v) is 40.9. The Morgan fingerprint density at radius 1 is 0.311 bits per heavy atom. The van der Waals surface area contributed by atoms with Crippen molar-refractivity contribution in [1.29, 1.82) is 0 Å². The maximum Gasteiger partial charge on any atom is 0.306 e. The van der Waals surface area contributed by atoms with Crippen LogP contribution in [0.2, 0.25) is 0 Å². The van der Waals surface area contributed by atoms with Crippen LogP contribution in [0.5, 0.6) is 0 Å². The molecule has 0 aliphatic rings. The van der Waals surface area contributed by atoms with Gasteiger partial charge in [0, 0.05) is 19.3 Å². The molecule has 0 N–H and O–H groups in total. The van der Waals surface area contributed by atoms with Crippen LogP contribution in [0.4, 0.5) is 0 Å². The molecule has 0 radical (unpaired) electrons. The Morgan fingerprint density at radius 2 is 0.541 bits per heavy atom. The molecule has 0 unspecified atom stereocenters. The van der Waals surface area contributed by atoms with Gasteiger partial charge in [0.15, 0.2) is 6.10 Å². The number of esters is 3. The van der Waals surface area contributed by atoms with Gasteiger partial charge in [-0.1, -0.05) is 225 Å². The zero-order valence-electron chi connectivity index (χ0n) is 40.9. The second-order valence-corrected chi connectivity index (χ2v) is 18.1. The average molecular weight is 859 g/mol. The van der Waals surface area contributed by atoms with Gasteiger partial charge >= 0.3 is 17.9 Å². The smallest absolute Gasteiger partial charge is 0.306 e. The van der Waals surface area contributed by atoms with E-state index in [-0.39, 0.29) is 31.1 Å². The first-order valence-corrected chi connectivity index (χ1v) is 26.8. The Balaban J connectivity index is 4.32. The number of ether oxygens (including phenoxy) is 3. The van der Waals surface area contributed by atoms with Gasteiger partial charge in [-0.3, -0.25) is 14.4 Å². The molecule has 0 heterocycles. The van der Waals surface area contributed by atoms with E-state index in [0.717, 1.165) is 64.2 Å². The van der Waals surface area contributed by atoms with Gasteiger partial charge in [0.05, 0.1) is 0 Å². The van der Waals surface area contributed by atoms with E-state index in [1.165, 1.54) is 186 Å². The maximum absolute atomic E-state index is 12.8. The van der Waals surface area contributed by atoms with Gasteiger partial charge in [0.25, 0.3) is 0 Å². The van der Waals surface area contributed by atoms with Gasteiger partial charge in [0.1, 0.15) is 13.2 Å². The summed E-state index contributed by atoms with van der Waals surface area (Å²) in [5.74, 6) is -0.873. The van der Waals surface area contributed by atoms with E-state index >= 15 is 0 Å².